The van der Waals surface area contributed by atoms with Crippen molar-refractivity contribution in [3.63, 3.8) is 0 Å². The van der Waals surface area contributed by atoms with Crippen molar-refractivity contribution < 1.29 is 38.2 Å². The van der Waals surface area contributed by atoms with Gasteiger partial charge in [-0.25, -0.2) is 0 Å². The van der Waals surface area contributed by atoms with E-state index < -0.39 is 28.6 Å². The van der Waals surface area contributed by atoms with Gasteiger partial charge < -0.3 is 19.5 Å². The van der Waals surface area contributed by atoms with Crippen LogP contribution in [0.25, 0.3) is 0 Å². The Morgan fingerprint density at radius 1 is 0.846 bits per heavy atom. The molecule has 11 nitrogen and oxygen atoms in total. The van der Waals surface area contributed by atoms with Crippen molar-refractivity contribution in [2.45, 2.75) is 80.3 Å². The smallest absolute Gasteiger partial charge is 0.311 e. The Kier molecular flexibility index (Phi) is 13.8. The lowest BCUT2D eigenvalue weighted by atomic mass is 9.75. The molecule has 39 heavy (non-hydrogen) atoms. The number of rotatable bonds is 18. The highest BCUT2D eigenvalue weighted by Gasteiger charge is 2.41. The van der Waals surface area contributed by atoms with Crippen LogP contribution in [-0.4, -0.2) is 97.6 Å². The third-order valence-electron chi connectivity index (χ3n) is 6.39. The Hall–Kier alpha value is -2.79. The summed E-state index contributed by atoms with van der Waals surface area (Å²) in [6, 6.07) is 0.689. The van der Waals surface area contributed by atoms with Gasteiger partial charge in [0.05, 0.1) is 24.0 Å². The quantitative estimate of drug-likeness (QED) is 0.154. The second-order valence-corrected chi connectivity index (χ2v) is 11.5. The van der Waals surface area contributed by atoms with Crippen LogP contribution in [-0.2, 0) is 38.2 Å². The fourth-order valence-electron chi connectivity index (χ4n) is 4.51. The highest BCUT2D eigenvalue weighted by atomic mass is 16.6. The van der Waals surface area contributed by atoms with Gasteiger partial charge in [-0.3, -0.25) is 33.8 Å². The van der Waals surface area contributed by atoms with E-state index >= 15 is 0 Å². The zero-order chi connectivity index (χ0) is 29.8. The molecular formula is C28H47N3O8. The molecule has 1 rings (SSSR count). The molecule has 0 aromatic carbocycles. The normalized spacial score (nSPS) is 14.1. The second-order valence-electron chi connectivity index (χ2n) is 11.5. The van der Waals surface area contributed by atoms with Crippen molar-refractivity contribution in [2.75, 3.05) is 46.1 Å². The topological polar surface area (TPSA) is 132 Å². The minimum absolute atomic E-state index is 0.00405. The summed E-state index contributed by atoms with van der Waals surface area (Å²) in [6.45, 7) is 17.0. The summed E-state index contributed by atoms with van der Waals surface area (Å²) in [5, 5.41) is 2.64. The van der Waals surface area contributed by atoms with Crippen molar-refractivity contribution in [3.05, 3.63) is 12.2 Å². The van der Waals surface area contributed by atoms with Gasteiger partial charge in [-0.05, 0) is 61.8 Å². The number of carbonyl (C=O) groups excluding carboxylic acids is 5. The van der Waals surface area contributed by atoms with Crippen LogP contribution in [0.1, 0.15) is 68.2 Å². The molecule has 0 saturated carbocycles. The van der Waals surface area contributed by atoms with Crippen LogP contribution in [0.15, 0.2) is 12.2 Å². The first-order valence-electron chi connectivity index (χ1n) is 13.6. The average Bonchev–Trinajstić information content (AvgIpc) is 3.15. The number of nitrogens with zero attached hydrogens (tertiary/aromatic N) is 2. The Bertz CT molecular complexity index is 869. The van der Waals surface area contributed by atoms with Crippen LogP contribution in [0, 0.1) is 10.8 Å². The van der Waals surface area contributed by atoms with Crippen molar-refractivity contribution in [1.82, 2.24) is 15.1 Å². The summed E-state index contributed by atoms with van der Waals surface area (Å²) in [5.74, 6) is -1.94. The lowest BCUT2D eigenvalue weighted by Gasteiger charge is -2.33. The van der Waals surface area contributed by atoms with Gasteiger partial charge in [-0.1, -0.05) is 0 Å². The third kappa shape index (κ3) is 11.9. The fourth-order valence-corrected chi connectivity index (χ4v) is 4.51. The first-order valence-corrected chi connectivity index (χ1v) is 13.6. The van der Waals surface area contributed by atoms with Crippen LogP contribution < -0.4 is 5.32 Å². The summed E-state index contributed by atoms with van der Waals surface area (Å²) in [6.07, 6.45) is 2.61. The molecule has 11 heteroatoms. The van der Waals surface area contributed by atoms with E-state index in [1.54, 1.807) is 27.7 Å². The fraction of sp³-hybridized carbons (Fsp3) is 0.750. The number of imide groups is 1. The molecule has 0 radical (unpaired) electrons. The zero-order valence-electron chi connectivity index (χ0n) is 24.8. The highest BCUT2D eigenvalue weighted by Crippen LogP contribution is 2.35. The SMILES string of the molecule is CC(C)N(CCOC(=O)C(C)(C)CC(C)(C)C(=O)OCCOCCNC(=O)CCN1C(=O)C=CC1=O)C(C)C. The molecule has 0 atom stereocenters. The van der Waals surface area contributed by atoms with Gasteiger partial charge in [0.2, 0.25) is 5.91 Å². The van der Waals surface area contributed by atoms with Crippen molar-refractivity contribution in [2.24, 2.45) is 10.8 Å². The zero-order valence-corrected chi connectivity index (χ0v) is 24.8. The van der Waals surface area contributed by atoms with Crippen LogP contribution >= 0.6 is 0 Å². The molecule has 3 amide bonds. The Labute approximate surface area is 232 Å². The Morgan fingerprint density at radius 2 is 1.36 bits per heavy atom. The summed E-state index contributed by atoms with van der Waals surface area (Å²) in [4.78, 5) is 63.5. The first kappa shape index (κ1) is 34.2. The number of amides is 3. The monoisotopic (exact) mass is 553 g/mol. The molecule has 0 unspecified atom stereocenters. The van der Waals surface area contributed by atoms with E-state index in [0.29, 0.717) is 18.6 Å². The van der Waals surface area contributed by atoms with Crippen LogP contribution in [0.4, 0.5) is 0 Å². The van der Waals surface area contributed by atoms with Gasteiger partial charge in [0.15, 0.2) is 0 Å². The third-order valence-corrected chi connectivity index (χ3v) is 6.39. The standard InChI is InChI=1S/C28H47N3O8/c1-20(2)30(21(3)4)14-16-38-25(35)27(5,6)19-28(7,8)26(36)39-18-17-37-15-12-29-22(32)11-13-31-23(33)9-10-24(31)34/h9-10,20-21H,11-19H2,1-8H3,(H,29,32). The number of nitrogens with one attached hydrogen (secondary N) is 1. The van der Waals surface area contributed by atoms with Crippen molar-refractivity contribution in [1.29, 1.82) is 0 Å². The molecule has 1 aliphatic rings. The van der Waals surface area contributed by atoms with E-state index in [0.717, 1.165) is 4.90 Å². The largest absolute Gasteiger partial charge is 0.464 e. The van der Waals surface area contributed by atoms with E-state index in [1.807, 2.05) is 0 Å². The minimum Gasteiger partial charge on any atom is -0.464 e. The number of esters is 2. The molecule has 0 fully saturated rings. The Balaban J connectivity index is 2.27. The van der Waals surface area contributed by atoms with Crippen LogP contribution in [0.3, 0.4) is 0 Å². The molecule has 1 N–H and O–H groups in total. The van der Waals surface area contributed by atoms with E-state index in [-0.39, 0.29) is 64.2 Å². The molecule has 0 bridgehead atoms. The number of carbonyl (C=O) groups is 5. The summed E-state index contributed by atoms with van der Waals surface area (Å²) in [5.41, 5.74) is -1.78. The minimum atomic E-state index is -0.911. The van der Waals surface area contributed by atoms with Gasteiger partial charge in [0, 0.05) is 50.3 Å². The van der Waals surface area contributed by atoms with Crippen molar-refractivity contribution in [3.8, 4) is 0 Å². The van der Waals surface area contributed by atoms with E-state index in [4.69, 9.17) is 14.2 Å². The summed E-state index contributed by atoms with van der Waals surface area (Å²) in [7, 11) is 0. The lowest BCUT2D eigenvalue weighted by molar-refractivity contribution is -0.163. The molecule has 0 saturated heterocycles. The Morgan fingerprint density at radius 3 is 1.87 bits per heavy atom. The average molecular weight is 554 g/mol. The lowest BCUT2D eigenvalue weighted by Crippen LogP contribution is -2.41. The van der Waals surface area contributed by atoms with Gasteiger partial charge in [-0.15, -0.1) is 0 Å². The van der Waals surface area contributed by atoms with E-state index in [2.05, 4.69) is 37.9 Å². The van der Waals surface area contributed by atoms with E-state index in [9.17, 15) is 24.0 Å². The molecular weight excluding hydrogens is 506 g/mol. The number of hydrogen-bond donors (Lipinski definition) is 1. The van der Waals surface area contributed by atoms with Gasteiger partial charge >= 0.3 is 11.9 Å². The van der Waals surface area contributed by atoms with Crippen molar-refractivity contribution >= 4 is 29.7 Å². The van der Waals surface area contributed by atoms with Crippen LogP contribution in [0.2, 0.25) is 0 Å². The predicted molar refractivity (Wildman–Crippen MR) is 145 cm³/mol. The van der Waals surface area contributed by atoms with Gasteiger partial charge in [0.1, 0.15) is 13.2 Å². The molecule has 0 aromatic rings. The maximum Gasteiger partial charge on any atom is 0.311 e. The van der Waals surface area contributed by atoms with Gasteiger partial charge in [0.25, 0.3) is 11.8 Å². The second kappa shape index (κ2) is 15.7. The molecule has 0 spiro atoms. The maximum atomic E-state index is 12.8. The number of ether oxygens (including phenoxy) is 3. The molecule has 1 heterocycles. The molecule has 0 aromatic heterocycles. The van der Waals surface area contributed by atoms with Gasteiger partial charge in [-0.2, -0.15) is 0 Å². The first-order chi connectivity index (χ1) is 18.1. The summed E-state index contributed by atoms with van der Waals surface area (Å²) < 4.78 is 16.3. The molecule has 0 aliphatic carbocycles. The van der Waals surface area contributed by atoms with E-state index in [1.165, 1.54) is 12.2 Å². The maximum absolute atomic E-state index is 12.8. The molecule has 222 valence electrons. The molecule has 1 aliphatic heterocycles. The highest BCUT2D eigenvalue weighted by molar-refractivity contribution is 6.13. The number of hydrogen-bond acceptors (Lipinski definition) is 9. The van der Waals surface area contributed by atoms with Crippen LogP contribution in [0.5, 0.6) is 0 Å². The predicted octanol–water partition coefficient (Wildman–Crippen LogP) is 2.08. The summed E-state index contributed by atoms with van der Waals surface area (Å²) >= 11 is 0.